The molecule has 0 spiro atoms. The molecule has 3 nitrogen and oxygen atoms in total. The summed E-state index contributed by atoms with van der Waals surface area (Å²) in [6, 6.07) is 5.02. The van der Waals surface area contributed by atoms with E-state index in [1.54, 1.807) is 0 Å². The van der Waals surface area contributed by atoms with E-state index >= 15 is 0 Å². The Bertz CT molecular complexity index is 523. The van der Waals surface area contributed by atoms with Crippen molar-refractivity contribution < 1.29 is 36.6 Å². The highest BCUT2D eigenvalue weighted by Gasteiger charge is 2.60. The van der Waals surface area contributed by atoms with Crippen molar-refractivity contribution in [1.82, 2.24) is 0 Å². The molecule has 0 aliphatic carbocycles. The second-order valence-electron chi connectivity index (χ2n) is 4.74. The third-order valence-electron chi connectivity index (χ3n) is 2.70. The van der Waals surface area contributed by atoms with Gasteiger partial charge in [0.1, 0.15) is 5.75 Å². The maximum Gasteiger partial charge on any atom is 0.453 e. The minimum Gasteiger partial charge on any atom is -0.426 e. The Morgan fingerprint density at radius 3 is 2.19 bits per heavy atom. The molecule has 21 heavy (non-hydrogen) atoms. The molecule has 1 aromatic rings. The number of halogens is 5. The van der Waals surface area contributed by atoms with Crippen molar-refractivity contribution >= 4 is 5.97 Å². The third kappa shape index (κ3) is 4.13. The number of carbonyl (C=O) groups is 1. The Kier molecular flexibility index (Phi) is 4.62. The molecule has 0 heterocycles. The molecule has 0 amide bonds. The first-order valence-electron chi connectivity index (χ1n) is 5.82. The Labute approximate surface area is 117 Å². The number of ether oxygens (including phenoxy) is 1. The van der Waals surface area contributed by atoms with Gasteiger partial charge in [-0.05, 0) is 13.0 Å². The number of para-hydroxylation sites is 1. The van der Waals surface area contributed by atoms with Gasteiger partial charge in [0.05, 0.1) is 12.0 Å². The number of hydrogen-bond donors (Lipinski definition) is 1. The van der Waals surface area contributed by atoms with Crippen LogP contribution in [0.3, 0.4) is 0 Å². The van der Waals surface area contributed by atoms with Crippen LogP contribution in [0.5, 0.6) is 5.75 Å². The van der Waals surface area contributed by atoms with Crippen molar-refractivity contribution in [3.8, 4) is 5.75 Å². The van der Waals surface area contributed by atoms with Gasteiger partial charge in [-0.1, -0.05) is 18.2 Å². The van der Waals surface area contributed by atoms with Crippen LogP contribution in [0.1, 0.15) is 25.8 Å². The molecule has 0 fully saturated rings. The smallest absolute Gasteiger partial charge is 0.426 e. The molecular weight excluding hydrogens is 299 g/mol. The second-order valence-corrected chi connectivity index (χ2v) is 4.74. The summed E-state index contributed by atoms with van der Waals surface area (Å²) in [5.74, 6) is -6.14. The number of benzene rings is 1. The number of hydrogen-bond acceptors (Lipinski definition) is 3. The van der Waals surface area contributed by atoms with Gasteiger partial charge in [-0.25, -0.2) is 0 Å². The Morgan fingerprint density at radius 2 is 1.71 bits per heavy atom. The summed E-state index contributed by atoms with van der Waals surface area (Å²) < 4.78 is 67.7. The lowest BCUT2D eigenvalue weighted by Crippen LogP contribution is -2.42. The molecule has 118 valence electrons. The van der Waals surface area contributed by atoms with E-state index in [1.807, 2.05) is 0 Å². The molecule has 8 heteroatoms. The number of rotatable bonds is 4. The highest BCUT2D eigenvalue weighted by Crippen LogP contribution is 2.45. The molecule has 0 aromatic heterocycles. The van der Waals surface area contributed by atoms with Crippen LogP contribution in [0.25, 0.3) is 0 Å². The van der Waals surface area contributed by atoms with E-state index < -0.39 is 30.1 Å². The summed E-state index contributed by atoms with van der Waals surface area (Å²) in [7, 11) is 0. The summed E-state index contributed by atoms with van der Waals surface area (Å²) in [5, 5.41) is 10.0. The Balaban J connectivity index is 3.17. The molecule has 0 aliphatic rings. The molecule has 0 aliphatic heterocycles. The maximum atomic E-state index is 13.1. The van der Waals surface area contributed by atoms with Gasteiger partial charge in [0.15, 0.2) is 0 Å². The van der Waals surface area contributed by atoms with Crippen LogP contribution in [-0.4, -0.2) is 23.2 Å². The maximum absolute atomic E-state index is 13.1. The lowest BCUT2D eigenvalue weighted by Gasteiger charge is -2.30. The van der Waals surface area contributed by atoms with Crippen molar-refractivity contribution in [1.29, 1.82) is 0 Å². The third-order valence-corrected chi connectivity index (χ3v) is 2.70. The summed E-state index contributed by atoms with van der Waals surface area (Å²) in [5.41, 5.74) is -2.87. The second kappa shape index (κ2) is 5.59. The molecule has 1 aromatic carbocycles. The first-order chi connectivity index (χ1) is 9.37. The quantitative estimate of drug-likeness (QED) is 0.526. The van der Waals surface area contributed by atoms with Crippen LogP contribution < -0.4 is 4.74 Å². The van der Waals surface area contributed by atoms with Crippen LogP contribution in [0, 0.1) is 0 Å². The molecule has 1 atom stereocenters. The van der Waals surface area contributed by atoms with E-state index in [0.29, 0.717) is 0 Å². The zero-order valence-electron chi connectivity index (χ0n) is 11.2. The largest absolute Gasteiger partial charge is 0.453 e. The molecule has 0 saturated heterocycles. The van der Waals surface area contributed by atoms with E-state index in [1.165, 1.54) is 18.2 Å². The minimum absolute atomic E-state index is 0.270. The standard InChI is InChI=1S/C13H13F5O3/c1-8(19)21-10-6-4-3-5-9(10)11(2,20)7-12(14,15)13(16,17)18/h3-6,20H,7H2,1-2H3. The van der Waals surface area contributed by atoms with Crippen molar-refractivity contribution in [3.05, 3.63) is 29.8 Å². The fourth-order valence-electron chi connectivity index (χ4n) is 1.78. The molecule has 0 saturated carbocycles. The minimum atomic E-state index is -5.78. The van der Waals surface area contributed by atoms with Gasteiger partial charge in [-0.3, -0.25) is 4.79 Å². The van der Waals surface area contributed by atoms with E-state index in [4.69, 9.17) is 4.74 Å². The average molecular weight is 312 g/mol. The lowest BCUT2D eigenvalue weighted by atomic mass is 9.88. The van der Waals surface area contributed by atoms with Crippen molar-refractivity contribution in [3.63, 3.8) is 0 Å². The van der Waals surface area contributed by atoms with Crippen molar-refractivity contribution in [2.24, 2.45) is 0 Å². The molecule has 1 rings (SSSR count). The van der Waals surface area contributed by atoms with Crippen molar-refractivity contribution in [2.75, 3.05) is 0 Å². The fourth-order valence-corrected chi connectivity index (χ4v) is 1.78. The van der Waals surface area contributed by atoms with Gasteiger partial charge in [-0.15, -0.1) is 0 Å². The summed E-state index contributed by atoms with van der Waals surface area (Å²) in [4.78, 5) is 10.9. The number of carbonyl (C=O) groups excluding carboxylic acids is 1. The van der Waals surface area contributed by atoms with Crippen LogP contribution in [-0.2, 0) is 10.4 Å². The molecule has 1 unspecified atom stereocenters. The lowest BCUT2D eigenvalue weighted by molar-refractivity contribution is -0.297. The van der Waals surface area contributed by atoms with E-state index in [-0.39, 0.29) is 11.3 Å². The predicted molar refractivity (Wildman–Crippen MR) is 62.9 cm³/mol. The van der Waals surface area contributed by atoms with Crippen LogP contribution in [0.2, 0.25) is 0 Å². The van der Waals surface area contributed by atoms with Gasteiger partial charge in [-0.2, -0.15) is 22.0 Å². The topological polar surface area (TPSA) is 46.5 Å². The van der Waals surface area contributed by atoms with E-state index in [9.17, 15) is 31.9 Å². The monoisotopic (exact) mass is 312 g/mol. The van der Waals surface area contributed by atoms with Gasteiger partial charge >= 0.3 is 18.1 Å². The predicted octanol–water partition coefficient (Wildman–Crippen LogP) is 3.41. The van der Waals surface area contributed by atoms with Crippen LogP contribution >= 0.6 is 0 Å². The summed E-state index contributed by atoms with van der Waals surface area (Å²) in [6.45, 7) is 1.84. The first kappa shape index (κ1) is 17.4. The zero-order valence-corrected chi connectivity index (χ0v) is 11.2. The number of alkyl halides is 5. The van der Waals surface area contributed by atoms with Gasteiger partial charge in [0, 0.05) is 12.5 Å². The highest BCUT2D eigenvalue weighted by atomic mass is 19.4. The van der Waals surface area contributed by atoms with E-state index in [0.717, 1.165) is 19.9 Å². The number of esters is 1. The Morgan fingerprint density at radius 1 is 1.19 bits per heavy atom. The summed E-state index contributed by atoms with van der Waals surface area (Å²) in [6.07, 6.45) is -7.67. The first-order valence-corrected chi connectivity index (χ1v) is 5.82. The number of aliphatic hydroxyl groups is 1. The summed E-state index contributed by atoms with van der Waals surface area (Å²) >= 11 is 0. The van der Waals surface area contributed by atoms with Crippen LogP contribution in [0.15, 0.2) is 24.3 Å². The highest BCUT2D eigenvalue weighted by molar-refractivity contribution is 5.70. The molecular formula is C13H13F5O3. The van der Waals surface area contributed by atoms with Gasteiger partial charge in [0.25, 0.3) is 0 Å². The van der Waals surface area contributed by atoms with Crippen molar-refractivity contribution in [2.45, 2.75) is 38.0 Å². The normalized spacial score (nSPS) is 15.4. The van der Waals surface area contributed by atoms with E-state index in [2.05, 4.69) is 0 Å². The SMILES string of the molecule is CC(=O)Oc1ccccc1C(C)(O)CC(F)(F)C(F)(F)F. The van der Waals surface area contributed by atoms with Crippen LogP contribution in [0.4, 0.5) is 22.0 Å². The molecule has 0 bridgehead atoms. The average Bonchev–Trinajstić information content (AvgIpc) is 2.25. The Hall–Kier alpha value is -1.70. The van der Waals surface area contributed by atoms with Gasteiger partial charge < -0.3 is 9.84 Å². The zero-order chi connectivity index (χ0) is 16.5. The molecule has 1 N–H and O–H groups in total. The van der Waals surface area contributed by atoms with Gasteiger partial charge in [0.2, 0.25) is 0 Å². The molecule has 0 radical (unpaired) electrons. The fraction of sp³-hybridized carbons (Fsp3) is 0.462.